The Bertz CT molecular complexity index is 1480. The van der Waals surface area contributed by atoms with E-state index in [1.54, 1.807) is 23.3 Å². The zero-order chi connectivity index (χ0) is 33.9. The number of hydrogen-bond donors (Lipinski definition) is 1. The third-order valence-corrected chi connectivity index (χ3v) is 21.5. The van der Waals surface area contributed by atoms with Crippen molar-refractivity contribution in [2.24, 2.45) is 0 Å². The van der Waals surface area contributed by atoms with Crippen LogP contribution >= 0.6 is 21.6 Å². The summed E-state index contributed by atoms with van der Waals surface area (Å²) in [6.07, 6.45) is 3.64. The van der Waals surface area contributed by atoms with E-state index >= 15 is 0 Å². The summed E-state index contributed by atoms with van der Waals surface area (Å²) in [6.45, 7) is 20.0. The Labute approximate surface area is 287 Å². The second-order valence-electron chi connectivity index (χ2n) is 13.4. The monoisotopic (exact) mass is 720 g/mol. The largest absolute Gasteiger partial charge is 0.445 e. The molecule has 0 spiro atoms. The van der Waals surface area contributed by atoms with Crippen LogP contribution in [0.1, 0.15) is 75.0 Å². The molecular formula is C31H48N6O6S2Si2. The Morgan fingerprint density at radius 2 is 1.70 bits per heavy atom. The summed E-state index contributed by atoms with van der Waals surface area (Å²) < 4.78 is 35.5. The van der Waals surface area contributed by atoms with Gasteiger partial charge in [-0.05, 0) is 52.0 Å². The summed E-state index contributed by atoms with van der Waals surface area (Å²) in [5, 5.41) is 3.65. The van der Waals surface area contributed by atoms with E-state index in [1.165, 1.54) is 17.1 Å². The first kappa shape index (κ1) is 36.2. The van der Waals surface area contributed by atoms with Gasteiger partial charge in [0.05, 0.1) is 19.0 Å². The number of nitrogens with zero attached hydrogens (tertiary/aromatic N) is 5. The van der Waals surface area contributed by atoms with Crippen LogP contribution in [-0.4, -0.2) is 78.4 Å². The van der Waals surface area contributed by atoms with Gasteiger partial charge in [-0.25, -0.2) is 24.7 Å². The fourth-order valence-electron chi connectivity index (χ4n) is 6.39. The fraction of sp³-hybridized carbons (Fsp3) is 0.645. The Morgan fingerprint density at radius 3 is 2.36 bits per heavy atom. The number of carbonyl (C=O) groups is 1. The molecule has 2 saturated heterocycles. The molecule has 2 aliphatic heterocycles. The van der Waals surface area contributed by atoms with Gasteiger partial charge in [0.1, 0.15) is 29.8 Å². The topological polar surface area (TPSA) is 132 Å². The Hall–Kier alpha value is -2.06. The lowest BCUT2D eigenvalue weighted by Crippen LogP contribution is -2.65. The summed E-state index contributed by atoms with van der Waals surface area (Å²) in [5.41, 5.74) is 1.96. The minimum atomic E-state index is -2.76. The van der Waals surface area contributed by atoms with Crippen LogP contribution < -0.4 is 5.32 Å². The van der Waals surface area contributed by atoms with Crippen LogP contribution in [0.3, 0.4) is 0 Å². The lowest BCUT2D eigenvalue weighted by molar-refractivity contribution is -0.0544. The van der Waals surface area contributed by atoms with Crippen molar-refractivity contribution in [2.75, 3.05) is 17.7 Å². The molecule has 0 bridgehead atoms. The number of anilines is 1. The van der Waals surface area contributed by atoms with Crippen LogP contribution in [-0.2, 0) is 22.4 Å². The molecule has 12 nitrogen and oxygen atoms in total. The first-order chi connectivity index (χ1) is 22.4. The highest BCUT2D eigenvalue weighted by molar-refractivity contribution is 8.76. The van der Waals surface area contributed by atoms with Crippen LogP contribution in [0.5, 0.6) is 0 Å². The molecule has 258 valence electrons. The van der Waals surface area contributed by atoms with Crippen molar-refractivity contribution < 1.29 is 27.2 Å². The lowest BCUT2D eigenvalue weighted by atomic mass is 10.2. The number of nitrogens with one attached hydrogen (secondary N) is 1. The van der Waals surface area contributed by atoms with Crippen LogP contribution in [0.2, 0.25) is 22.2 Å². The zero-order valence-electron chi connectivity index (χ0n) is 28.7. The van der Waals surface area contributed by atoms with Gasteiger partial charge >= 0.3 is 23.2 Å². The summed E-state index contributed by atoms with van der Waals surface area (Å²) in [6, 6.07) is 5.76. The number of amides is 1. The number of hydrogen-bond acceptors (Lipinski definition) is 12. The summed E-state index contributed by atoms with van der Waals surface area (Å²) >= 11 is 0. The lowest BCUT2D eigenvalue weighted by Gasteiger charge is -2.51. The van der Waals surface area contributed by atoms with Crippen LogP contribution in [0.25, 0.3) is 11.2 Å². The molecule has 4 atom stereocenters. The highest BCUT2D eigenvalue weighted by atomic mass is 33.1. The number of aromatic nitrogens is 5. The van der Waals surface area contributed by atoms with Crippen molar-refractivity contribution in [3.63, 3.8) is 0 Å². The van der Waals surface area contributed by atoms with E-state index in [4.69, 9.17) is 22.4 Å². The molecule has 0 aromatic carbocycles. The van der Waals surface area contributed by atoms with E-state index in [-0.39, 0.29) is 52.5 Å². The Kier molecular flexibility index (Phi) is 11.7. The highest BCUT2D eigenvalue weighted by Gasteiger charge is 2.60. The van der Waals surface area contributed by atoms with Crippen LogP contribution in [0.4, 0.5) is 10.6 Å². The molecule has 0 radical (unpaired) electrons. The van der Waals surface area contributed by atoms with E-state index < -0.39 is 23.2 Å². The molecule has 2 aliphatic rings. The van der Waals surface area contributed by atoms with Crippen LogP contribution in [0, 0.1) is 0 Å². The summed E-state index contributed by atoms with van der Waals surface area (Å²) in [7, 11) is -2.32. The van der Waals surface area contributed by atoms with Gasteiger partial charge in [-0.2, -0.15) is 0 Å². The first-order valence-corrected chi connectivity index (χ1v) is 22.7. The normalized spacial score (nSPS) is 23.2. The number of fused-ring (bicyclic) bond motifs is 2. The molecule has 0 saturated carbocycles. The number of imidazole rings is 1. The van der Waals surface area contributed by atoms with E-state index in [0.717, 1.165) is 5.03 Å². The third-order valence-electron chi connectivity index (χ3n) is 8.81. The van der Waals surface area contributed by atoms with Gasteiger partial charge < -0.3 is 22.4 Å². The smallest absolute Gasteiger partial charge is 0.413 e. The van der Waals surface area contributed by atoms with E-state index in [9.17, 15) is 4.79 Å². The van der Waals surface area contributed by atoms with Crippen molar-refractivity contribution in [3.05, 3.63) is 37.1 Å². The second-order valence-corrected chi connectivity index (χ2v) is 24.6. The van der Waals surface area contributed by atoms with Gasteiger partial charge in [-0.15, -0.1) is 0 Å². The quantitative estimate of drug-likeness (QED) is 0.153. The third kappa shape index (κ3) is 7.74. The van der Waals surface area contributed by atoms with Gasteiger partial charge in [0.25, 0.3) is 0 Å². The predicted octanol–water partition coefficient (Wildman–Crippen LogP) is 7.84. The van der Waals surface area contributed by atoms with Gasteiger partial charge in [0.15, 0.2) is 17.0 Å². The molecule has 47 heavy (non-hydrogen) atoms. The summed E-state index contributed by atoms with van der Waals surface area (Å²) in [5.74, 6) is 0.866. The van der Waals surface area contributed by atoms with E-state index in [1.807, 2.05) is 29.7 Å². The first-order valence-electron chi connectivity index (χ1n) is 16.4. The highest BCUT2D eigenvalue weighted by Crippen LogP contribution is 2.48. The molecular weight excluding hydrogens is 673 g/mol. The van der Waals surface area contributed by atoms with E-state index in [2.05, 4.69) is 80.6 Å². The Balaban J connectivity index is 1.30. The maximum Gasteiger partial charge on any atom is 0.413 e. The number of rotatable bonds is 11. The minimum Gasteiger partial charge on any atom is -0.445 e. The molecule has 3 aromatic rings. The standard InChI is InChI=1S/C31H48N6O6S2Si2/c1-19(2)46(20(3)4)39-15-25-24(42-47(43-46,21(5)6)22(7)8)14-27(41-25)37-18-35-28-29(33-17-34-30(28)37)36-31(38)40-23(9)16-44-45-26-12-10-11-13-32-26/h10-13,17-25,27H,14-16H2,1-9H3,(H,33,34,36,38). The zero-order valence-corrected chi connectivity index (χ0v) is 32.3. The minimum absolute atomic E-state index is 0.204. The van der Waals surface area contributed by atoms with Crippen LogP contribution in [0.15, 0.2) is 42.1 Å². The molecule has 4 unspecified atom stereocenters. The summed E-state index contributed by atoms with van der Waals surface area (Å²) in [4.78, 5) is 30.5. The fourth-order valence-corrected chi connectivity index (χ4v) is 19.7. The maximum absolute atomic E-state index is 12.8. The molecule has 5 heterocycles. The maximum atomic E-state index is 12.8. The van der Waals surface area contributed by atoms with Gasteiger partial charge in [-0.1, -0.05) is 72.3 Å². The molecule has 3 aromatic heterocycles. The molecule has 16 heteroatoms. The SMILES string of the molecule is CC(CSSc1ccccn1)OC(=O)Nc1ncnc2c1ncn2C1CC2O[Si](C(C)C)(C(C)C)O[Si](C(C)C)(C(C)C)OCC2O1. The van der Waals surface area contributed by atoms with Gasteiger partial charge in [0.2, 0.25) is 0 Å². The average molecular weight is 721 g/mol. The average Bonchev–Trinajstić information content (AvgIpc) is 3.61. The Morgan fingerprint density at radius 1 is 0.979 bits per heavy atom. The molecule has 1 amide bonds. The molecule has 2 fully saturated rings. The van der Waals surface area contributed by atoms with Crippen molar-refractivity contribution >= 4 is 61.8 Å². The van der Waals surface area contributed by atoms with Gasteiger partial charge in [0, 0.05) is 18.4 Å². The van der Waals surface area contributed by atoms with Crippen molar-refractivity contribution in [1.82, 2.24) is 24.5 Å². The predicted molar refractivity (Wildman–Crippen MR) is 190 cm³/mol. The molecule has 1 N–H and O–H groups in total. The van der Waals surface area contributed by atoms with Crippen molar-refractivity contribution in [2.45, 2.75) is 120 Å². The van der Waals surface area contributed by atoms with Crippen molar-refractivity contribution in [3.8, 4) is 0 Å². The van der Waals surface area contributed by atoms with E-state index in [0.29, 0.717) is 29.9 Å². The number of ether oxygens (including phenoxy) is 2. The number of pyridine rings is 1. The second kappa shape index (κ2) is 15.2. The van der Waals surface area contributed by atoms with Crippen molar-refractivity contribution in [1.29, 1.82) is 0 Å². The van der Waals surface area contributed by atoms with Gasteiger partial charge in [-0.3, -0.25) is 9.88 Å². The molecule has 5 rings (SSSR count). The molecule has 0 aliphatic carbocycles. The number of carbonyl (C=O) groups excluding carboxylic acids is 1.